The molecular formula is C23H21N9O2. The van der Waals surface area contributed by atoms with Crippen LogP contribution in [0, 0.1) is 0 Å². The van der Waals surface area contributed by atoms with Crippen molar-refractivity contribution in [3.05, 3.63) is 48.8 Å². The summed E-state index contributed by atoms with van der Waals surface area (Å²) in [5.74, 6) is 1.20. The molecule has 0 spiro atoms. The van der Waals surface area contributed by atoms with Gasteiger partial charge in [-0.3, -0.25) is 9.72 Å². The number of nitrogens with two attached hydrogens (primary N) is 1. The average Bonchev–Trinajstić information content (AvgIpc) is 3.72. The summed E-state index contributed by atoms with van der Waals surface area (Å²) >= 11 is 0. The summed E-state index contributed by atoms with van der Waals surface area (Å²) in [6.45, 7) is 0. The van der Waals surface area contributed by atoms with Crippen LogP contribution in [0.3, 0.4) is 0 Å². The van der Waals surface area contributed by atoms with E-state index < -0.39 is 6.03 Å². The van der Waals surface area contributed by atoms with Crippen LogP contribution in [0.25, 0.3) is 27.9 Å². The highest BCUT2D eigenvalue weighted by molar-refractivity contribution is 6.03. The van der Waals surface area contributed by atoms with Gasteiger partial charge in [0.2, 0.25) is 5.88 Å². The molecule has 0 saturated heterocycles. The predicted molar refractivity (Wildman–Crippen MR) is 126 cm³/mol. The minimum atomic E-state index is -0.431. The number of aromatic nitrogens is 6. The molecule has 0 aliphatic heterocycles. The van der Waals surface area contributed by atoms with Gasteiger partial charge in [-0.1, -0.05) is 5.16 Å². The number of nitrogen functional groups attached to an aromatic ring is 1. The van der Waals surface area contributed by atoms with Gasteiger partial charge in [0.05, 0.1) is 22.5 Å². The second kappa shape index (κ2) is 7.04. The molecule has 0 unspecified atom stereocenters. The van der Waals surface area contributed by atoms with E-state index in [1.54, 1.807) is 12.3 Å². The van der Waals surface area contributed by atoms with Gasteiger partial charge in [0.1, 0.15) is 17.8 Å². The number of pyridine rings is 1. The lowest BCUT2D eigenvalue weighted by atomic mass is 10.1. The molecule has 4 N–H and O–H groups in total. The number of carbonyl (C=O) groups excluding carboxylic acids is 1. The maximum absolute atomic E-state index is 12.6. The van der Waals surface area contributed by atoms with Crippen molar-refractivity contribution in [2.45, 2.75) is 37.6 Å². The Morgan fingerprint density at radius 3 is 2.79 bits per heavy atom. The molecule has 5 aromatic rings. The van der Waals surface area contributed by atoms with Crippen molar-refractivity contribution >= 4 is 40.1 Å². The van der Waals surface area contributed by atoms with Crippen molar-refractivity contribution in [1.82, 2.24) is 29.1 Å². The molecule has 170 valence electrons. The van der Waals surface area contributed by atoms with E-state index in [0.29, 0.717) is 35.0 Å². The largest absolute Gasteiger partial charge is 0.383 e. The van der Waals surface area contributed by atoms with E-state index in [2.05, 4.69) is 41.5 Å². The zero-order chi connectivity index (χ0) is 22.8. The Morgan fingerprint density at radius 2 is 1.97 bits per heavy atom. The topological polar surface area (TPSA) is 141 Å². The fraction of sp³-hybridized carbons (Fsp3) is 0.261. The van der Waals surface area contributed by atoms with Crippen LogP contribution in [-0.2, 0) is 0 Å². The average molecular weight is 455 g/mol. The normalized spacial score (nSPS) is 15.8. The SMILES string of the molecule is Nc1ncnc2c1c(-c1ccc(NC(=O)Nc3cc(C4CC4)no3)c3nccn13)cn2C1CC1. The van der Waals surface area contributed by atoms with E-state index >= 15 is 0 Å². The minimum Gasteiger partial charge on any atom is -0.383 e. The molecule has 5 aromatic heterocycles. The molecule has 11 heteroatoms. The first-order valence-corrected chi connectivity index (χ1v) is 11.3. The molecule has 0 atom stereocenters. The Kier molecular flexibility index (Phi) is 3.96. The van der Waals surface area contributed by atoms with Gasteiger partial charge in [0.25, 0.3) is 0 Å². The lowest BCUT2D eigenvalue weighted by Gasteiger charge is -2.10. The number of carbonyl (C=O) groups is 1. The van der Waals surface area contributed by atoms with E-state index in [9.17, 15) is 4.79 Å². The molecule has 2 saturated carbocycles. The maximum atomic E-state index is 12.6. The Balaban J connectivity index is 1.23. The molecule has 7 rings (SSSR count). The van der Waals surface area contributed by atoms with E-state index in [4.69, 9.17) is 10.3 Å². The van der Waals surface area contributed by atoms with Gasteiger partial charge in [0, 0.05) is 42.2 Å². The van der Waals surface area contributed by atoms with Crippen LogP contribution in [0.5, 0.6) is 0 Å². The Labute approximate surface area is 193 Å². The third kappa shape index (κ3) is 3.08. The summed E-state index contributed by atoms with van der Waals surface area (Å²) in [7, 11) is 0. The number of hydrogen-bond donors (Lipinski definition) is 3. The molecule has 2 amide bonds. The zero-order valence-electron chi connectivity index (χ0n) is 18.1. The number of nitrogens with zero attached hydrogens (tertiary/aromatic N) is 6. The van der Waals surface area contributed by atoms with Crippen molar-refractivity contribution < 1.29 is 9.32 Å². The highest BCUT2D eigenvalue weighted by Gasteiger charge is 2.29. The third-order valence-corrected chi connectivity index (χ3v) is 6.41. The number of urea groups is 1. The van der Waals surface area contributed by atoms with Crippen molar-refractivity contribution in [2.75, 3.05) is 16.4 Å². The Bertz CT molecular complexity index is 1570. The van der Waals surface area contributed by atoms with E-state index in [1.165, 1.54) is 6.33 Å². The first-order chi connectivity index (χ1) is 16.7. The molecule has 0 bridgehead atoms. The molecule has 2 aliphatic carbocycles. The Morgan fingerprint density at radius 1 is 1.09 bits per heavy atom. The van der Waals surface area contributed by atoms with Crippen LogP contribution in [0.4, 0.5) is 22.2 Å². The first kappa shape index (κ1) is 19.1. The lowest BCUT2D eigenvalue weighted by molar-refractivity contribution is 0.261. The fourth-order valence-electron chi connectivity index (χ4n) is 4.45. The van der Waals surface area contributed by atoms with Crippen LogP contribution in [0.2, 0.25) is 0 Å². The standard InChI is InChI=1S/C23H21N9O2/c24-20-19-14(10-32(13-3-4-13)22(19)27-11-26-20)17-6-5-15(21-25-7-8-31(17)21)28-23(33)29-18-9-16(30-34-18)12-1-2-12/h5-13H,1-4H2,(H2,24,26,27)(H2,28,29,33). The number of imidazole rings is 1. The second-order valence-corrected chi connectivity index (χ2v) is 8.86. The maximum Gasteiger partial charge on any atom is 0.326 e. The number of anilines is 3. The van der Waals surface area contributed by atoms with E-state index in [0.717, 1.165) is 53.7 Å². The number of amides is 2. The number of fused-ring (bicyclic) bond motifs is 2. The quantitative estimate of drug-likeness (QED) is 0.361. The lowest BCUT2D eigenvalue weighted by Crippen LogP contribution is -2.19. The molecule has 5 heterocycles. The monoisotopic (exact) mass is 455 g/mol. The zero-order valence-corrected chi connectivity index (χ0v) is 18.1. The van der Waals surface area contributed by atoms with Crippen LogP contribution >= 0.6 is 0 Å². The van der Waals surface area contributed by atoms with E-state index in [-0.39, 0.29) is 0 Å². The third-order valence-electron chi connectivity index (χ3n) is 6.41. The number of hydrogen-bond acceptors (Lipinski definition) is 7. The van der Waals surface area contributed by atoms with E-state index in [1.807, 2.05) is 22.7 Å². The van der Waals surface area contributed by atoms with Gasteiger partial charge < -0.3 is 20.1 Å². The summed E-state index contributed by atoms with van der Waals surface area (Å²) in [5.41, 5.74) is 11.0. The first-order valence-electron chi connectivity index (χ1n) is 11.3. The highest BCUT2D eigenvalue weighted by atomic mass is 16.5. The Hall–Kier alpha value is -4.41. The van der Waals surface area contributed by atoms with Crippen LogP contribution in [-0.4, -0.2) is 35.1 Å². The van der Waals surface area contributed by atoms with Gasteiger partial charge in [0.15, 0.2) is 5.65 Å². The molecule has 11 nitrogen and oxygen atoms in total. The minimum absolute atomic E-state index is 0.318. The molecular weight excluding hydrogens is 434 g/mol. The molecule has 2 fully saturated rings. The van der Waals surface area contributed by atoms with Crippen LogP contribution < -0.4 is 16.4 Å². The van der Waals surface area contributed by atoms with Crippen molar-refractivity contribution in [1.29, 1.82) is 0 Å². The van der Waals surface area contributed by atoms with Gasteiger partial charge >= 0.3 is 6.03 Å². The molecule has 2 aliphatic rings. The van der Waals surface area contributed by atoms with Gasteiger partial charge in [-0.15, -0.1) is 0 Å². The number of rotatable bonds is 5. The smallest absolute Gasteiger partial charge is 0.326 e. The summed E-state index contributed by atoms with van der Waals surface area (Å²) in [4.78, 5) is 25.8. The summed E-state index contributed by atoms with van der Waals surface area (Å²) < 4.78 is 9.34. The van der Waals surface area contributed by atoms with Crippen molar-refractivity contribution in [3.63, 3.8) is 0 Å². The fourth-order valence-corrected chi connectivity index (χ4v) is 4.45. The van der Waals surface area contributed by atoms with Crippen molar-refractivity contribution in [2.24, 2.45) is 0 Å². The molecule has 34 heavy (non-hydrogen) atoms. The van der Waals surface area contributed by atoms with Crippen LogP contribution in [0.1, 0.15) is 43.3 Å². The summed E-state index contributed by atoms with van der Waals surface area (Å²) in [5, 5.41) is 10.4. The molecule has 0 radical (unpaired) electrons. The van der Waals surface area contributed by atoms with Crippen molar-refractivity contribution in [3.8, 4) is 11.3 Å². The van der Waals surface area contributed by atoms with Gasteiger partial charge in [-0.2, -0.15) is 0 Å². The predicted octanol–water partition coefficient (Wildman–Crippen LogP) is 4.17. The van der Waals surface area contributed by atoms with Gasteiger partial charge in [-0.25, -0.2) is 19.7 Å². The van der Waals surface area contributed by atoms with Crippen LogP contribution in [0.15, 0.2) is 47.6 Å². The summed E-state index contributed by atoms with van der Waals surface area (Å²) in [6.07, 6.45) is 11.6. The second-order valence-electron chi connectivity index (χ2n) is 8.86. The highest BCUT2D eigenvalue weighted by Crippen LogP contribution is 2.42. The van der Waals surface area contributed by atoms with Gasteiger partial charge in [-0.05, 0) is 37.8 Å². The molecule has 0 aromatic carbocycles. The summed E-state index contributed by atoms with van der Waals surface area (Å²) in [6, 6.07) is 5.54. The number of nitrogens with one attached hydrogen (secondary N) is 2.